The lowest BCUT2D eigenvalue weighted by atomic mass is 9.91. The van der Waals surface area contributed by atoms with Gasteiger partial charge in [0.15, 0.2) is 5.83 Å². The maximum atomic E-state index is 14.4. The van der Waals surface area contributed by atoms with Crippen LogP contribution in [0.3, 0.4) is 0 Å². The maximum Gasteiger partial charge on any atom is 0.164 e. The number of halogens is 2. The van der Waals surface area contributed by atoms with Gasteiger partial charge in [0.05, 0.1) is 0 Å². The summed E-state index contributed by atoms with van der Waals surface area (Å²) < 4.78 is 27.7. The lowest BCUT2D eigenvalue weighted by molar-refractivity contribution is 0.392. The van der Waals surface area contributed by atoms with Crippen molar-refractivity contribution in [3.63, 3.8) is 0 Å². The predicted octanol–water partition coefficient (Wildman–Crippen LogP) is 8.56. The zero-order valence-electron chi connectivity index (χ0n) is 18.0. The molecule has 29 heavy (non-hydrogen) atoms. The second kappa shape index (κ2) is 12.7. The lowest BCUT2D eigenvalue weighted by Crippen LogP contribution is -2.00. The Bertz CT molecular complexity index is 775. The van der Waals surface area contributed by atoms with Gasteiger partial charge in [0.25, 0.3) is 0 Å². The fourth-order valence-corrected chi connectivity index (χ4v) is 2.21. The molecule has 0 heterocycles. The number of hydrogen-bond donors (Lipinski definition) is 1. The van der Waals surface area contributed by atoms with Crippen molar-refractivity contribution < 1.29 is 13.9 Å². The van der Waals surface area contributed by atoms with Crippen LogP contribution in [-0.4, -0.2) is 5.11 Å². The highest BCUT2D eigenvalue weighted by Crippen LogP contribution is 2.25. The van der Waals surface area contributed by atoms with Crippen LogP contribution in [0.15, 0.2) is 109 Å². The van der Waals surface area contributed by atoms with Crippen molar-refractivity contribution >= 4 is 0 Å². The highest BCUT2D eigenvalue weighted by atomic mass is 19.1. The predicted molar refractivity (Wildman–Crippen MR) is 123 cm³/mol. The molecule has 158 valence electrons. The van der Waals surface area contributed by atoms with Gasteiger partial charge in [0.1, 0.15) is 11.6 Å². The van der Waals surface area contributed by atoms with E-state index in [0.717, 1.165) is 30.6 Å². The molecule has 0 saturated heterocycles. The molecule has 0 bridgehead atoms. The minimum atomic E-state index is -1.00. The molecule has 0 rings (SSSR count). The molecule has 2 atom stereocenters. The SMILES string of the molecule is C=C(/C=C\C(=C)C(C)CCC(C)CC)C(=C)/C=C(/F)C(=C)C(=C)/C=C(/F)C(=C)O. The van der Waals surface area contributed by atoms with Crippen molar-refractivity contribution in [3.8, 4) is 0 Å². The molecular formula is C26H34F2O. The van der Waals surface area contributed by atoms with Gasteiger partial charge >= 0.3 is 0 Å². The van der Waals surface area contributed by atoms with Crippen molar-refractivity contribution in [3.05, 3.63) is 109 Å². The third kappa shape index (κ3) is 9.89. The van der Waals surface area contributed by atoms with E-state index in [1.807, 2.05) is 6.08 Å². The van der Waals surface area contributed by atoms with Crippen LogP contribution in [-0.2, 0) is 0 Å². The summed E-state index contributed by atoms with van der Waals surface area (Å²) in [4.78, 5) is 0. The van der Waals surface area contributed by atoms with Crippen LogP contribution < -0.4 is 0 Å². The highest BCUT2D eigenvalue weighted by Gasteiger charge is 2.09. The molecular weight excluding hydrogens is 366 g/mol. The van der Waals surface area contributed by atoms with Gasteiger partial charge < -0.3 is 5.11 Å². The summed E-state index contributed by atoms with van der Waals surface area (Å²) in [5, 5.41) is 8.97. The molecule has 0 amide bonds. The Morgan fingerprint density at radius 2 is 1.38 bits per heavy atom. The van der Waals surface area contributed by atoms with Gasteiger partial charge in [-0.05, 0) is 47.1 Å². The van der Waals surface area contributed by atoms with Crippen LogP contribution in [0.4, 0.5) is 8.78 Å². The lowest BCUT2D eigenvalue weighted by Gasteiger charge is -2.14. The summed E-state index contributed by atoms with van der Waals surface area (Å²) in [6.45, 7) is 28.5. The Morgan fingerprint density at radius 3 is 1.90 bits per heavy atom. The van der Waals surface area contributed by atoms with Gasteiger partial charge in [-0.1, -0.05) is 90.8 Å². The van der Waals surface area contributed by atoms with Gasteiger partial charge in [-0.2, -0.15) is 0 Å². The Hall–Kier alpha value is -2.68. The van der Waals surface area contributed by atoms with Gasteiger partial charge in [-0.3, -0.25) is 0 Å². The Kier molecular flexibility index (Phi) is 11.5. The summed E-state index contributed by atoms with van der Waals surface area (Å²) in [5.74, 6) is -1.44. The second-order valence-electron chi connectivity index (χ2n) is 7.39. The first-order valence-electron chi connectivity index (χ1n) is 9.66. The van der Waals surface area contributed by atoms with E-state index in [0.29, 0.717) is 23.0 Å². The summed E-state index contributed by atoms with van der Waals surface area (Å²) in [6.07, 6.45) is 9.03. The fraction of sp³-hybridized carbons (Fsp3) is 0.308. The molecule has 0 spiro atoms. The largest absolute Gasteiger partial charge is 0.506 e. The van der Waals surface area contributed by atoms with E-state index < -0.39 is 17.4 Å². The number of hydrogen-bond acceptors (Lipinski definition) is 1. The van der Waals surface area contributed by atoms with Crippen molar-refractivity contribution in [1.82, 2.24) is 0 Å². The average molecular weight is 401 g/mol. The summed E-state index contributed by atoms with van der Waals surface area (Å²) >= 11 is 0. The first kappa shape index (κ1) is 26.3. The molecule has 1 N–H and O–H groups in total. The summed E-state index contributed by atoms with van der Waals surface area (Å²) in [7, 11) is 0. The molecule has 0 radical (unpaired) electrons. The molecule has 0 aromatic rings. The number of rotatable bonds is 13. The van der Waals surface area contributed by atoms with Gasteiger partial charge in [0, 0.05) is 5.57 Å². The molecule has 0 aliphatic carbocycles. The quantitative estimate of drug-likeness (QED) is 0.242. The number of aliphatic hydroxyl groups excluding tert-OH is 1. The molecule has 0 fully saturated rings. The minimum Gasteiger partial charge on any atom is -0.506 e. The van der Waals surface area contributed by atoms with Crippen molar-refractivity contribution in [1.29, 1.82) is 0 Å². The van der Waals surface area contributed by atoms with E-state index in [-0.39, 0.29) is 11.1 Å². The van der Waals surface area contributed by atoms with E-state index in [9.17, 15) is 8.78 Å². The average Bonchev–Trinajstić information content (AvgIpc) is 2.68. The van der Waals surface area contributed by atoms with E-state index in [1.54, 1.807) is 6.08 Å². The minimum absolute atomic E-state index is 0.0242. The third-order valence-corrected chi connectivity index (χ3v) is 4.89. The molecule has 0 aliphatic heterocycles. The topological polar surface area (TPSA) is 20.2 Å². The van der Waals surface area contributed by atoms with Crippen LogP contribution in [0, 0.1) is 11.8 Å². The number of allylic oxidation sites excluding steroid dienone is 11. The summed E-state index contributed by atoms with van der Waals surface area (Å²) in [6, 6.07) is 0. The Labute approximate surface area is 175 Å². The van der Waals surface area contributed by atoms with Gasteiger partial charge in [-0.15, -0.1) is 0 Å². The van der Waals surface area contributed by atoms with E-state index >= 15 is 0 Å². The maximum absolute atomic E-state index is 14.4. The van der Waals surface area contributed by atoms with Crippen molar-refractivity contribution in [2.24, 2.45) is 11.8 Å². The van der Waals surface area contributed by atoms with Crippen LogP contribution in [0.1, 0.15) is 40.0 Å². The molecule has 2 unspecified atom stereocenters. The van der Waals surface area contributed by atoms with Crippen molar-refractivity contribution in [2.75, 3.05) is 0 Å². The molecule has 0 aromatic carbocycles. The zero-order valence-corrected chi connectivity index (χ0v) is 18.0. The first-order chi connectivity index (χ1) is 13.4. The van der Waals surface area contributed by atoms with E-state index in [4.69, 9.17) is 5.11 Å². The van der Waals surface area contributed by atoms with Crippen LogP contribution in [0.25, 0.3) is 0 Å². The van der Waals surface area contributed by atoms with Gasteiger partial charge in [-0.25, -0.2) is 8.78 Å². The van der Waals surface area contributed by atoms with Crippen molar-refractivity contribution in [2.45, 2.75) is 40.0 Å². The molecule has 0 saturated carbocycles. The van der Waals surface area contributed by atoms with E-state index in [1.165, 1.54) is 6.42 Å². The standard InChI is InChI=1S/C26H34F2O/c1-10-17(2)11-12-18(3)19(4)13-14-20(5)21(6)15-25(27)23(8)22(7)16-26(28)24(9)29/h13-18,29H,4-12H2,1-3H3/b14-13-,25-15+,26-16+. The fourth-order valence-electron chi connectivity index (χ4n) is 2.21. The molecule has 0 aliphatic rings. The molecule has 3 heteroatoms. The number of aliphatic hydroxyl groups is 1. The second-order valence-corrected chi connectivity index (χ2v) is 7.39. The normalized spacial score (nSPS) is 14.4. The third-order valence-electron chi connectivity index (χ3n) is 4.89. The van der Waals surface area contributed by atoms with Crippen LogP contribution in [0.2, 0.25) is 0 Å². The Balaban J connectivity index is 4.96. The summed E-state index contributed by atoms with van der Waals surface area (Å²) in [5.41, 5.74) is 1.71. The first-order valence-corrected chi connectivity index (χ1v) is 9.66. The zero-order chi connectivity index (χ0) is 22.7. The van der Waals surface area contributed by atoms with Gasteiger partial charge in [0.2, 0.25) is 0 Å². The molecule has 1 nitrogen and oxygen atoms in total. The monoisotopic (exact) mass is 400 g/mol. The molecule has 0 aromatic heterocycles. The smallest absolute Gasteiger partial charge is 0.164 e. The van der Waals surface area contributed by atoms with Crippen LogP contribution >= 0.6 is 0 Å². The van der Waals surface area contributed by atoms with Crippen LogP contribution in [0.5, 0.6) is 0 Å². The Morgan fingerprint density at radius 1 is 0.828 bits per heavy atom. The van der Waals surface area contributed by atoms with E-state index in [2.05, 4.69) is 60.2 Å². The highest BCUT2D eigenvalue weighted by molar-refractivity contribution is 5.53.